The van der Waals surface area contributed by atoms with Crippen LogP contribution in [0.3, 0.4) is 0 Å². The molecule has 1 amide bonds. The van der Waals surface area contributed by atoms with E-state index in [9.17, 15) is 4.79 Å². The van der Waals surface area contributed by atoms with E-state index in [0.717, 1.165) is 43.3 Å². The third-order valence-corrected chi connectivity index (χ3v) is 5.96. The third-order valence-electron chi connectivity index (χ3n) is 5.96. The molecule has 2 aliphatic rings. The number of amides is 1. The molecule has 2 fully saturated rings. The quantitative estimate of drug-likeness (QED) is 0.798. The number of carbonyl (C=O) groups is 1. The molecule has 2 aromatic rings. The first-order chi connectivity index (χ1) is 13.6. The molecule has 6 nitrogen and oxygen atoms in total. The van der Waals surface area contributed by atoms with Crippen molar-refractivity contribution in [2.45, 2.75) is 45.8 Å². The summed E-state index contributed by atoms with van der Waals surface area (Å²) in [5, 5.41) is 7.79. The molecule has 28 heavy (non-hydrogen) atoms. The summed E-state index contributed by atoms with van der Waals surface area (Å²) in [6.45, 7) is 8.17. The van der Waals surface area contributed by atoms with Gasteiger partial charge in [-0.1, -0.05) is 30.3 Å². The predicted octanol–water partition coefficient (Wildman–Crippen LogP) is 2.28. The van der Waals surface area contributed by atoms with Crippen molar-refractivity contribution in [3.8, 4) is 0 Å². The average molecular weight is 383 g/mol. The molecular weight excluding hydrogens is 352 g/mol. The van der Waals surface area contributed by atoms with Gasteiger partial charge in [-0.3, -0.25) is 14.4 Å². The molecule has 2 heterocycles. The third kappa shape index (κ3) is 4.45. The molecule has 1 aliphatic heterocycles. The molecule has 1 aromatic heterocycles. The summed E-state index contributed by atoms with van der Waals surface area (Å²) in [7, 11) is 0. The fourth-order valence-corrected chi connectivity index (χ4v) is 4.10. The van der Waals surface area contributed by atoms with E-state index < -0.39 is 0 Å². The summed E-state index contributed by atoms with van der Waals surface area (Å²) in [4.78, 5) is 14.9. The zero-order chi connectivity index (χ0) is 19.5. The molecule has 1 aromatic carbocycles. The first-order valence-electron chi connectivity index (χ1n) is 10.3. The van der Waals surface area contributed by atoms with E-state index in [1.165, 1.54) is 18.4 Å². The number of nitrogens with one attached hydrogen (secondary N) is 1. The topological polar surface area (TPSA) is 59.4 Å². The van der Waals surface area contributed by atoms with Crippen LogP contribution in [0.4, 0.5) is 0 Å². The molecule has 1 saturated carbocycles. The highest BCUT2D eigenvalue weighted by atomic mass is 16.5. The molecule has 1 saturated heterocycles. The van der Waals surface area contributed by atoms with Crippen molar-refractivity contribution >= 4 is 5.91 Å². The lowest BCUT2D eigenvalue weighted by Gasteiger charge is -2.35. The largest absolute Gasteiger partial charge is 0.378 e. The Morgan fingerprint density at radius 1 is 1.25 bits per heavy atom. The molecule has 0 radical (unpaired) electrons. The number of hydrogen-bond acceptors (Lipinski definition) is 4. The van der Waals surface area contributed by atoms with E-state index in [4.69, 9.17) is 4.74 Å². The number of nitrogens with zero attached hydrogens (tertiary/aromatic N) is 3. The number of aromatic nitrogens is 2. The van der Waals surface area contributed by atoms with Gasteiger partial charge in [-0.2, -0.15) is 5.10 Å². The Morgan fingerprint density at radius 2 is 2.04 bits per heavy atom. The number of rotatable bonds is 7. The van der Waals surface area contributed by atoms with Crippen LogP contribution in [0.2, 0.25) is 0 Å². The lowest BCUT2D eigenvalue weighted by atomic mass is 10.1. The second kappa shape index (κ2) is 8.45. The SMILES string of the molecule is Cc1nn(Cc2ccccc2)c(C)c1CNC(=O)CN1CCOCC1C1CC1. The fraction of sp³-hybridized carbons (Fsp3) is 0.545. The normalized spacial score (nSPS) is 20.3. The van der Waals surface area contributed by atoms with Crippen molar-refractivity contribution in [3.63, 3.8) is 0 Å². The molecule has 6 heteroatoms. The zero-order valence-corrected chi connectivity index (χ0v) is 16.9. The summed E-state index contributed by atoms with van der Waals surface area (Å²) in [6, 6.07) is 10.7. The van der Waals surface area contributed by atoms with Gasteiger partial charge in [-0.25, -0.2) is 0 Å². The Balaban J connectivity index is 1.34. The number of carbonyl (C=O) groups excluding carboxylic acids is 1. The van der Waals surface area contributed by atoms with E-state index in [0.29, 0.717) is 25.0 Å². The fourth-order valence-electron chi connectivity index (χ4n) is 4.10. The molecule has 1 atom stereocenters. The Morgan fingerprint density at radius 3 is 2.79 bits per heavy atom. The van der Waals surface area contributed by atoms with E-state index >= 15 is 0 Å². The van der Waals surface area contributed by atoms with Crippen LogP contribution in [0.25, 0.3) is 0 Å². The highest BCUT2D eigenvalue weighted by Gasteiger charge is 2.37. The first-order valence-corrected chi connectivity index (χ1v) is 10.3. The highest BCUT2D eigenvalue weighted by Crippen LogP contribution is 2.36. The average Bonchev–Trinajstić information content (AvgIpc) is 3.50. The van der Waals surface area contributed by atoms with Crippen LogP contribution in [-0.2, 0) is 22.6 Å². The van der Waals surface area contributed by atoms with Crippen molar-refractivity contribution in [1.29, 1.82) is 0 Å². The Bertz CT molecular complexity index is 813. The second-order valence-corrected chi connectivity index (χ2v) is 8.02. The molecule has 0 bridgehead atoms. The first kappa shape index (κ1) is 19.2. The minimum Gasteiger partial charge on any atom is -0.378 e. The summed E-state index contributed by atoms with van der Waals surface area (Å²) < 4.78 is 7.65. The predicted molar refractivity (Wildman–Crippen MR) is 108 cm³/mol. The van der Waals surface area contributed by atoms with Crippen molar-refractivity contribution < 1.29 is 9.53 Å². The molecule has 0 spiro atoms. The number of hydrogen-bond donors (Lipinski definition) is 1. The van der Waals surface area contributed by atoms with Crippen LogP contribution < -0.4 is 5.32 Å². The van der Waals surface area contributed by atoms with Gasteiger partial charge in [-0.05, 0) is 38.2 Å². The Labute approximate surface area is 166 Å². The number of aryl methyl sites for hydroxylation is 1. The monoisotopic (exact) mass is 382 g/mol. The zero-order valence-electron chi connectivity index (χ0n) is 16.9. The van der Waals surface area contributed by atoms with Crippen LogP contribution in [-0.4, -0.2) is 52.9 Å². The van der Waals surface area contributed by atoms with Crippen LogP contribution in [0.5, 0.6) is 0 Å². The second-order valence-electron chi connectivity index (χ2n) is 8.02. The number of benzene rings is 1. The van der Waals surface area contributed by atoms with Crippen molar-refractivity contribution in [1.82, 2.24) is 20.0 Å². The summed E-state index contributed by atoms with van der Waals surface area (Å²) in [5.74, 6) is 0.802. The van der Waals surface area contributed by atoms with Gasteiger partial charge in [0, 0.05) is 30.4 Å². The van der Waals surface area contributed by atoms with Crippen molar-refractivity contribution in [2.75, 3.05) is 26.3 Å². The van der Waals surface area contributed by atoms with Gasteiger partial charge in [-0.15, -0.1) is 0 Å². The van der Waals surface area contributed by atoms with Gasteiger partial charge in [0.05, 0.1) is 32.0 Å². The number of morpholine rings is 1. The standard InChI is InChI=1S/C22H30N4O2/c1-16-20(17(2)26(24-16)13-18-6-4-3-5-7-18)12-23-22(27)14-25-10-11-28-15-21(25)19-8-9-19/h3-7,19,21H,8-15H2,1-2H3,(H,23,27). The van der Waals surface area contributed by atoms with Crippen LogP contribution in [0, 0.1) is 19.8 Å². The molecule has 150 valence electrons. The summed E-state index contributed by atoms with van der Waals surface area (Å²) >= 11 is 0. The van der Waals surface area contributed by atoms with Gasteiger partial charge in [0.25, 0.3) is 0 Å². The highest BCUT2D eigenvalue weighted by molar-refractivity contribution is 5.78. The van der Waals surface area contributed by atoms with Gasteiger partial charge < -0.3 is 10.1 Å². The van der Waals surface area contributed by atoms with E-state index in [1.54, 1.807) is 0 Å². The van der Waals surface area contributed by atoms with Gasteiger partial charge >= 0.3 is 0 Å². The van der Waals surface area contributed by atoms with E-state index in [2.05, 4.69) is 34.4 Å². The maximum absolute atomic E-state index is 12.6. The van der Waals surface area contributed by atoms with Crippen LogP contribution in [0.1, 0.15) is 35.4 Å². The molecule has 1 unspecified atom stereocenters. The smallest absolute Gasteiger partial charge is 0.234 e. The van der Waals surface area contributed by atoms with Crippen molar-refractivity contribution in [3.05, 3.63) is 52.8 Å². The lowest BCUT2D eigenvalue weighted by molar-refractivity contribution is -0.125. The number of ether oxygens (including phenoxy) is 1. The maximum Gasteiger partial charge on any atom is 0.234 e. The lowest BCUT2D eigenvalue weighted by Crippen LogP contribution is -2.50. The van der Waals surface area contributed by atoms with Gasteiger partial charge in [0.1, 0.15) is 0 Å². The Kier molecular flexibility index (Phi) is 5.78. The maximum atomic E-state index is 12.6. The minimum atomic E-state index is 0.0853. The molecule has 4 rings (SSSR count). The van der Waals surface area contributed by atoms with Crippen LogP contribution in [0.15, 0.2) is 30.3 Å². The van der Waals surface area contributed by atoms with Gasteiger partial charge in [0.15, 0.2) is 0 Å². The van der Waals surface area contributed by atoms with Crippen molar-refractivity contribution in [2.24, 2.45) is 5.92 Å². The Hall–Kier alpha value is -2.18. The van der Waals surface area contributed by atoms with Crippen LogP contribution >= 0.6 is 0 Å². The summed E-state index contributed by atoms with van der Waals surface area (Å²) in [6.07, 6.45) is 2.54. The molecule has 1 N–H and O–H groups in total. The van der Waals surface area contributed by atoms with Gasteiger partial charge in [0.2, 0.25) is 5.91 Å². The van der Waals surface area contributed by atoms with E-state index in [-0.39, 0.29) is 5.91 Å². The minimum absolute atomic E-state index is 0.0853. The molecule has 1 aliphatic carbocycles. The summed E-state index contributed by atoms with van der Waals surface area (Å²) in [5.41, 5.74) is 4.44. The van der Waals surface area contributed by atoms with E-state index in [1.807, 2.05) is 29.8 Å². The molecular formula is C22H30N4O2.